The molecule has 94 valence electrons. The number of hydrogen-bond donors (Lipinski definition) is 2. The first-order valence-electron chi connectivity index (χ1n) is 6.27. The molecule has 3 heteroatoms. The van der Waals surface area contributed by atoms with Gasteiger partial charge in [0, 0.05) is 5.56 Å². The Balaban J connectivity index is 2.46. The quantitative estimate of drug-likeness (QED) is 0.327. The van der Waals surface area contributed by atoms with Gasteiger partial charge in [0.15, 0.2) is 0 Å². The lowest BCUT2D eigenvalue weighted by Gasteiger charge is -2.04. The second kappa shape index (κ2) is 7.71. The molecule has 0 fully saturated rings. The predicted octanol–water partition coefficient (Wildman–Crippen LogP) is 3.71. The number of hydrogen-bond acceptors (Lipinski definition) is 3. The van der Waals surface area contributed by atoms with Gasteiger partial charge in [-0.15, -0.1) is 0 Å². The van der Waals surface area contributed by atoms with Crippen LogP contribution in [0.3, 0.4) is 0 Å². The molecule has 0 bridgehead atoms. The summed E-state index contributed by atoms with van der Waals surface area (Å²) in [6.45, 7) is 2.21. The fraction of sp³-hybridized carbons (Fsp3) is 0.500. The number of phenols is 1. The third kappa shape index (κ3) is 4.89. The van der Waals surface area contributed by atoms with E-state index in [2.05, 4.69) is 12.1 Å². The summed E-state index contributed by atoms with van der Waals surface area (Å²) in [4.78, 5) is 0. The maximum absolute atomic E-state index is 9.51. The highest BCUT2D eigenvalue weighted by molar-refractivity contribution is 5.83. The average molecular weight is 235 g/mol. The summed E-state index contributed by atoms with van der Waals surface area (Å²) in [5, 5.41) is 20.9. The van der Waals surface area contributed by atoms with Gasteiger partial charge in [-0.1, -0.05) is 43.8 Å². The minimum Gasteiger partial charge on any atom is -0.507 e. The molecule has 0 saturated heterocycles. The molecule has 0 aliphatic carbocycles. The van der Waals surface area contributed by atoms with Gasteiger partial charge in [-0.05, 0) is 30.5 Å². The first-order valence-corrected chi connectivity index (χ1v) is 6.27. The van der Waals surface area contributed by atoms with Crippen LogP contribution in [0.2, 0.25) is 0 Å². The Morgan fingerprint density at radius 2 is 1.94 bits per heavy atom. The normalized spacial score (nSPS) is 11.1. The van der Waals surface area contributed by atoms with E-state index in [0.717, 1.165) is 6.42 Å². The van der Waals surface area contributed by atoms with Gasteiger partial charge in [0.05, 0.1) is 6.21 Å². The lowest BCUT2D eigenvalue weighted by molar-refractivity contribution is 0.321. The van der Waals surface area contributed by atoms with E-state index in [9.17, 15) is 5.11 Å². The standard InChI is InChI=1S/C14H21NO2/c1-2-3-4-5-6-7-12-8-9-14(16)13(10-12)11-15-17/h8-11,16-17H,2-7H2,1H3/b15-11+. The SMILES string of the molecule is CCCCCCCc1ccc(O)c(/C=N/O)c1. The number of unbranched alkanes of at least 4 members (excludes halogenated alkanes) is 4. The highest BCUT2D eigenvalue weighted by atomic mass is 16.4. The minimum atomic E-state index is 0.150. The van der Waals surface area contributed by atoms with E-state index < -0.39 is 0 Å². The van der Waals surface area contributed by atoms with E-state index in [1.807, 2.05) is 12.1 Å². The smallest absolute Gasteiger partial charge is 0.124 e. The zero-order valence-electron chi connectivity index (χ0n) is 10.4. The summed E-state index contributed by atoms with van der Waals surface area (Å²) in [7, 11) is 0. The molecule has 2 N–H and O–H groups in total. The van der Waals surface area contributed by atoms with Gasteiger partial charge in [0.2, 0.25) is 0 Å². The van der Waals surface area contributed by atoms with E-state index in [4.69, 9.17) is 5.21 Å². The van der Waals surface area contributed by atoms with E-state index >= 15 is 0 Å². The molecule has 0 unspecified atom stereocenters. The van der Waals surface area contributed by atoms with Crippen LogP contribution >= 0.6 is 0 Å². The molecule has 0 spiro atoms. The van der Waals surface area contributed by atoms with Crippen LogP contribution < -0.4 is 0 Å². The third-order valence-corrected chi connectivity index (χ3v) is 2.86. The summed E-state index contributed by atoms with van der Waals surface area (Å²) >= 11 is 0. The highest BCUT2D eigenvalue weighted by Crippen LogP contribution is 2.18. The van der Waals surface area contributed by atoms with Gasteiger partial charge in [-0.25, -0.2) is 0 Å². The first-order chi connectivity index (χ1) is 8.27. The van der Waals surface area contributed by atoms with Crippen molar-refractivity contribution in [3.05, 3.63) is 29.3 Å². The van der Waals surface area contributed by atoms with Gasteiger partial charge in [-0.2, -0.15) is 0 Å². The second-order valence-electron chi connectivity index (χ2n) is 4.30. The van der Waals surface area contributed by atoms with E-state index in [-0.39, 0.29) is 5.75 Å². The molecular weight excluding hydrogens is 214 g/mol. The zero-order valence-corrected chi connectivity index (χ0v) is 10.4. The number of oxime groups is 1. The number of aryl methyl sites for hydroxylation is 1. The van der Waals surface area contributed by atoms with Gasteiger partial charge in [0.1, 0.15) is 5.75 Å². The molecule has 1 rings (SSSR count). The average Bonchev–Trinajstić information content (AvgIpc) is 2.33. The lowest BCUT2D eigenvalue weighted by Crippen LogP contribution is -1.90. The van der Waals surface area contributed by atoms with Crippen LogP contribution in [0.5, 0.6) is 5.75 Å². The molecule has 0 amide bonds. The first kappa shape index (κ1) is 13.6. The van der Waals surface area contributed by atoms with Crippen molar-refractivity contribution in [3.63, 3.8) is 0 Å². The molecule has 0 radical (unpaired) electrons. The Morgan fingerprint density at radius 1 is 1.18 bits per heavy atom. The number of nitrogens with zero attached hydrogens (tertiary/aromatic N) is 1. The maximum atomic E-state index is 9.51. The monoisotopic (exact) mass is 235 g/mol. The third-order valence-electron chi connectivity index (χ3n) is 2.86. The van der Waals surface area contributed by atoms with Crippen LogP contribution in [-0.2, 0) is 6.42 Å². The molecule has 0 heterocycles. The van der Waals surface area contributed by atoms with Crippen molar-refractivity contribution in [1.82, 2.24) is 0 Å². The van der Waals surface area contributed by atoms with Gasteiger partial charge < -0.3 is 10.3 Å². The van der Waals surface area contributed by atoms with Crippen molar-refractivity contribution in [2.24, 2.45) is 5.16 Å². The summed E-state index contributed by atoms with van der Waals surface area (Å²) in [6, 6.07) is 5.44. The summed E-state index contributed by atoms with van der Waals surface area (Å²) in [5.74, 6) is 0.150. The fourth-order valence-corrected chi connectivity index (χ4v) is 1.86. The molecular formula is C14H21NO2. The maximum Gasteiger partial charge on any atom is 0.124 e. The molecule has 0 aliphatic heterocycles. The van der Waals surface area contributed by atoms with Crippen molar-refractivity contribution in [1.29, 1.82) is 0 Å². The second-order valence-corrected chi connectivity index (χ2v) is 4.30. The molecule has 1 aromatic carbocycles. The van der Waals surface area contributed by atoms with Gasteiger partial charge >= 0.3 is 0 Å². The van der Waals surface area contributed by atoms with E-state index in [0.29, 0.717) is 5.56 Å². The van der Waals surface area contributed by atoms with Crippen LogP contribution in [0.4, 0.5) is 0 Å². The van der Waals surface area contributed by atoms with E-state index in [1.165, 1.54) is 43.9 Å². The highest BCUT2D eigenvalue weighted by Gasteiger charge is 2.01. The van der Waals surface area contributed by atoms with E-state index in [1.54, 1.807) is 6.07 Å². The Kier molecular flexibility index (Phi) is 6.15. The number of benzene rings is 1. The molecule has 0 atom stereocenters. The largest absolute Gasteiger partial charge is 0.507 e. The molecule has 1 aromatic rings. The van der Waals surface area contributed by atoms with Crippen LogP contribution in [-0.4, -0.2) is 16.5 Å². The van der Waals surface area contributed by atoms with Crippen molar-refractivity contribution in [2.75, 3.05) is 0 Å². The van der Waals surface area contributed by atoms with Crippen LogP contribution in [0.15, 0.2) is 23.4 Å². The molecule has 0 aliphatic rings. The van der Waals surface area contributed by atoms with Gasteiger partial charge in [-0.3, -0.25) is 0 Å². The minimum absolute atomic E-state index is 0.150. The molecule has 0 saturated carbocycles. The van der Waals surface area contributed by atoms with Crippen LogP contribution in [0, 0.1) is 0 Å². The van der Waals surface area contributed by atoms with Crippen molar-refractivity contribution in [3.8, 4) is 5.75 Å². The Bertz CT molecular complexity index is 361. The Labute approximate surface area is 103 Å². The predicted molar refractivity (Wildman–Crippen MR) is 70.0 cm³/mol. The molecule has 17 heavy (non-hydrogen) atoms. The Morgan fingerprint density at radius 3 is 2.65 bits per heavy atom. The summed E-state index contributed by atoms with van der Waals surface area (Å²) in [5.41, 5.74) is 1.74. The van der Waals surface area contributed by atoms with Crippen molar-refractivity contribution < 1.29 is 10.3 Å². The number of phenolic OH excluding ortho intramolecular Hbond substituents is 1. The van der Waals surface area contributed by atoms with Gasteiger partial charge in [0.25, 0.3) is 0 Å². The topological polar surface area (TPSA) is 52.8 Å². The van der Waals surface area contributed by atoms with Crippen molar-refractivity contribution in [2.45, 2.75) is 45.4 Å². The Hall–Kier alpha value is -1.51. The molecule has 3 nitrogen and oxygen atoms in total. The summed E-state index contributed by atoms with van der Waals surface area (Å²) in [6.07, 6.45) is 8.54. The van der Waals surface area contributed by atoms with Crippen molar-refractivity contribution >= 4 is 6.21 Å². The number of aromatic hydroxyl groups is 1. The summed E-state index contributed by atoms with van der Waals surface area (Å²) < 4.78 is 0. The van der Waals surface area contributed by atoms with Crippen LogP contribution in [0.1, 0.15) is 50.2 Å². The zero-order chi connectivity index (χ0) is 12.5. The molecule has 0 aromatic heterocycles. The van der Waals surface area contributed by atoms with Crippen LogP contribution in [0.25, 0.3) is 0 Å². The number of rotatable bonds is 7. The lowest BCUT2D eigenvalue weighted by atomic mass is 10.0. The fourth-order valence-electron chi connectivity index (χ4n) is 1.86.